The van der Waals surface area contributed by atoms with Crippen LogP contribution >= 0.6 is 0 Å². The Bertz CT molecular complexity index is 148. The Labute approximate surface area is 66.7 Å². The summed E-state index contributed by atoms with van der Waals surface area (Å²) in [6.45, 7) is 0. The van der Waals surface area contributed by atoms with Gasteiger partial charge in [0.05, 0.1) is 0 Å². The van der Waals surface area contributed by atoms with Crippen LogP contribution < -0.4 is 5.32 Å². The fourth-order valence-electron chi connectivity index (χ4n) is 0.331. The molecule has 0 saturated heterocycles. The standard InChI is InChI=1S/C4H3F8N/c5-1(6)3(9,10)13-4(11,12)2(7)8/h1-2,13H. The van der Waals surface area contributed by atoms with Crippen molar-refractivity contribution in [3.05, 3.63) is 0 Å². The minimum absolute atomic E-state index is 0.435. The highest BCUT2D eigenvalue weighted by Crippen LogP contribution is 2.28. The summed E-state index contributed by atoms with van der Waals surface area (Å²) >= 11 is 0. The average Bonchev–Trinajstić information content (AvgIpc) is 1.83. The van der Waals surface area contributed by atoms with E-state index in [1.165, 1.54) is 0 Å². The molecular formula is C4H3F8N. The Kier molecular flexibility index (Phi) is 3.47. The summed E-state index contributed by atoms with van der Waals surface area (Å²) in [5, 5.41) is -0.435. The van der Waals surface area contributed by atoms with Gasteiger partial charge in [-0.25, -0.2) is 17.6 Å². The highest BCUT2D eigenvalue weighted by molar-refractivity contribution is 4.75. The van der Waals surface area contributed by atoms with Gasteiger partial charge in [0.25, 0.3) is 0 Å². The van der Waals surface area contributed by atoms with Crippen molar-refractivity contribution >= 4 is 0 Å². The Balaban J connectivity index is 4.42. The van der Waals surface area contributed by atoms with Crippen molar-refractivity contribution in [1.29, 1.82) is 0 Å². The lowest BCUT2D eigenvalue weighted by Crippen LogP contribution is -2.55. The van der Waals surface area contributed by atoms with Crippen molar-refractivity contribution in [3.63, 3.8) is 0 Å². The number of hydrogen-bond acceptors (Lipinski definition) is 1. The zero-order valence-electron chi connectivity index (χ0n) is 5.68. The smallest absolute Gasteiger partial charge is 0.202 e. The second-order valence-electron chi connectivity index (χ2n) is 1.97. The van der Waals surface area contributed by atoms with Crippen LogP contribution in [0, 0.1) is 0 Å². The first-order valence-electron chi connectivity index (χ1n) is 2.71. The summed E-state index contributed by atoms with van der Waals surface area (Å²) < 4.78 is 91.8. The fourth-order valence-corrected chi connectivity index (χ4v) is 0.331. The van der Waals surface area contributed by atoms with Crippen molar-refractivity contribution in [1.82, 2.24) is 5.32 Å². The molecule has 0 aliphatic heterocycles. The van der Waals surface area contributed by atoms with E-state index in [9.17, 15) is 35.1 Å². The van der Waals surface area contributed by atoms with Gasteiger partial charge < -0.3 is 0 Å². The Morgan fingerprint density at radius 2 is 0.923 bits per heavy atom. The molecule has 0 aliphatic carbocycles. The van der Waals surface area contributed by atoms with E-state index in [0.29, 0.717) is 0 Å². The van der Waals surface area contributed by atoms with Crippen LogP contribution in [0.2, 0.25) is 0 Å². The zero-order valence-corrected chi connectivity index (χ0v) is 5.68. The number of hydrogen-bond donors (Lipinski definition) is 1. The third-order valence-electron chi connectivity index (χ3n) is 0.881. The van der Waals surface area contributed by atoms with Crippen LogP contribution in [0.4, 0.5) is 35.1 Å². The second kappa shape index (κ2) is 3.64. The summed E-state index contributed by atoms with van der Waals surface area (Å²) in [7, 11) is 0. The van der Waals surface area contributed by atoms with Gasteiger partial charge >= 0.3 is 24.9 Å². The van der Waals surface area contributed by atoms with E-state index < -0.39 is 30.3 Å². The maximum absolute atomic E-state index is 11.7. The topological polar surface area (TPSA) is 12.0 Å². The summed E-state index contributed by atoms with van der Waals surface area (Å²) in [6.07, 6.45) is -8.98. The molecule has 80 valence electrons. The van der Waals surface area contributed by atoms with Gasteiger partial charge in [-0.05, 0) is 0 Å². The predicted octanol–water partition coefficient (Wildman–Crippen LogP) is 2.29. The molecular weight excluding hydrogens is 214 g/mol. The van der Waals surface area contributed by atoms with Crippen molar-refractivity contribution in [2.45, 2.75) is 24.9 Å². The van der Waals surface area contributed by atoms with E-state index in [-0.39, 0.29) is 0 Å². The van der Waals surface area contributed by atoms with E-state index in [1.807, 2.05) is 0 Å². The van der Waals surface area contributed by atoms with Gasteiger partial charge in [0.2, 0.25) is 0 Å². The van der Waals surface area contributed by atoms with E-state index >= 15 is 0 Å². The quantitative estimate of drug-likeness (QED) is 0.562. The maximum Gasteiger partial charge on any atom is 0.367 e. The molecule has 0 atom stereocenters. The summed E-state index contributed by atoms with van der Waals surface area (Å²) in [5.74, 6) is 0. The van der Waals surface area contributed by atoms with Crippen molar-refractivity contribution in [2.24, 2.45) is 0 Å². The highest BCUT2D eigenvalue weighted by Gasteiger charge is 2.53. The summed E-state index contributed by atoms with van der Waals surface area (Å²) in [5.41, 5.74) is 0. The molecule has 0 aromatic rings. The van der Waals surface area contributed by atoms with Gasteiger partial charge in [-0.1, -0.05) is 0 Å². The van der Waals surface area contributed by atoms with Crippen LogP contribution in [-0.4, -0.2) is 24.9 Å². The molecule has 0 aromatic carbocycles. The predicted molar refractivity (Wildman–Crippen MR) is 25.0 cm³/mol. The maximum atomic E-state index is 11.7. The number of alkyl halides is 8. The molecule has 0 fully saturated rings. The SMILES string of the molecule is FC(F)C(F)(F)NC(F)(F)C(F)F. The minimum atomic E-state index is -5.35. The lowest BCUT2D eigenvalue weighted by Gasteiger charge is -2.23. The normalized spacial score (nSPS) is 14.3. The first-order valence-corrected chi connectivity index (χ1v) is 2.71. The molecule has 0 rings (SSSR count). The number of nitrogens with one attached hydrogen (secondary N) is 1. The zero-order chi connectivity index (χ0) is 10.9. The van der Waals surface area contributed by atoms with Crippen LogP contribution in [0.1, 0.15) is 0 Å². The van der Waals surface area contributed by atoms with E-state index in [0.717, 1.165) is 0 Å². The summed E-state index contributed by atoms with van der Waals surface area (Å²) in [6, 6.07) is -10.7. The van der Waals surface area contributed by atoms with Crippen LogP contribution in [0.5, 0.6) is 0 Å². The van der Waals surface area contributed by atoms with Crippen LogP contribution in [0.3, 0.4) is 0 Å². The third-order valence-corrected chi connectivity index (χ3v) is 0.881. The molecule has 0 aliphatic rings. The fraction of sp³-hybridized carbons (Fsp3) is 1.00. The van der Waals surface area contributed by atoms with Gasteiger partial charge in [0.15, 0.2) is 0 Å². The molecule has 0 bridgehead atoms. The monoisotopic (exact) mass is 217 g/mol. The molecule has 1 N–H and O–H groups in total. The second-order valence-corrected chi connectivity index (χ2v) is 1.97. The molecule has 1 nitrogen and oxygen atoms in total. The third kappa shape index (κ3) is 3.33. The molecule has 0 saturated carbocycles. The highest BCUT2D eigenvalue weighted by atomic mass is 19.3. The van der Waals surface area contributed by atoms with Crippen molar-refractivity contribution in [2.75, 3.05) is 0 Å². The molecule has 13 heavy (non-hydrogen) atoms. The Hall–Kier alpha value is -0.600. The van der Waals surface area contributed by atoms with Crippen LogP contribution in [0.25, 0.3) is 0 Å². The number of rotatable bonds is 4. The van der Waals surface area contributed by atoms with Crippen molar-refractivity contribution in [3.8, 4) is 0 Å². The Morgan fingerprint density at radius 1 is 0.692 bits per heavy atom. The van der Waals surface area contributed by atoms with Crippen LogP contribution in [-0.2, 0) is 0 Å². The van der Waals surface area contributed by atoms with Crippen molar-refractivity contribution < 1.29 is 35.1 Å². The largest absolute Gasteiger partial charge is 0.367 e. The van der Waals surface area contributed by atoms with Gasteiger partial charge in [0, 0.05) is 0 Å². The molecule has 9 heteroatoms. The molecule has 0 unspecified atom stereocenters. The summed E-state index contributed by atoms with van der Waals surface area (Å²) in [4.78, 5) is 0. The lowest BCUT2D eigenvalue weighted by atomic mass is 10.5. The lowest BCUT2D eigenvalue weighted by molar-refractivity contribution is -0.243. The van der Waals surface area contributed by atoms with E-state index in [2.05, 4.69) is 0 Å². The molecule has 0 heterocycles. The number of halogens is 8. The molecule has 0 radical (unpaired) electrons. The molecule has 0 amide bonds. The molecule has 0 spiro atoms. The van der Waals surface area contributed by atoms with Crippen LogP contribution in [0.15, 0.2) is 0 Å². The van der Waals surface area contributed by atoms with E-state index in [4.69, 9.17) is 0 Å². The first-order chi connectivity index (χ1) is 5.59. The molecule has 0 aromatic heterocycles. The minimum Gasteiger partial charge on any atom is -0.202 e. The van der Waals surface area contributed by atoms with Gasteiger partial charge in [0.1, 0.15) is 0 Å². The van der Waals surface area contributed by atoms with Gasteiger partial charge in [-0.15, -0.1) is 0 Å². The Morgan fingerprint density at radius 3 is 1.08 bits per heavy atom. The first kappa shape index (κ1) is 12.4. The van der Waals surface area contributed by atoms with Gasteiger partial charge in [-0.3, -0.25) is 0 Å². The van der Waals surface area contributed by atoms with Gasteiger partial charge in [-0.2, -0.15) is 22.9 Å². The average molecular weight is 217 g/mol. The van der Waals surface area contributed by atoms with E-state index in [1.54, 1.807) is 0 Å².